The Balaban J connectivity index is 1.05. The molecule has 65 heavy (non-hydrogen) atoms. The van der Waals surface area contributed by atoms with Crippen LogP contribution in [0.3, 0.4) is 0 Å². The number of anilines is 3. The van der Waals surface area contributed by atoms with Crippen LogP contribution in [0.2, 0.25) is 0 Å². The molecule has 0 N–H and O–H groups in total. The van der Waals surface area contributed by atoms with E-state index in [1.165, 1.54) is 60.4 Å². The van der Waals surface area contributed by atoms with Gasteiger partial charge in [-0.05, 0) is 86.8 Å². The monoisotopic (exact) mass is 830 g/mol. The predicted octanol–water partition coefficient (Wildman–Crippen LogP) is 16.1. The number of rotatable bonds is 5. The van der Waals surface area contributed by atoms with Crippen LogP contribution in [-0.2, 0) is 5.41 Å². The molecule has 0 spiro atoms. The fourth-order valence-corrected chi connectivity index (χ4v) is 10.7. The molecule has 10 aromatic carbocycles. The van der Waals surface area contributed by atoms with Gasteiger partial charge in [-0.1, -0.05) is 184 Å². The minimum atomic E-state index is -0.200. The fourth-order valence-electron chi connectivity index (χ4n) is 10.7. The lowest BCUT2D eigenvalue weighted by molar-refractivity contribution is 0.632. The molecule has 12 aromatic rings. The Morgan fingerprint density at radius 1 is 0.415 bits per heavy atom. The van der Waals surface area contributed by atoms with Crippen LogP contribution in [0.25, 0.3) is 93.7 Å². The van der Waals surface area contributed by atoms with Crippen molar-refractivity contribution in [2.45, 2.75) is 19.3 Å². The molecule has 0 bridgehead atoms. The molecular weight excluding hydrogens is 789 g/mol. The van der Waals surface area contributed by atoms with Gasteiger partial charge in [0.15, 0.2) is 5.82 Å². The van der Waals surface area contributed by atoms with E-state index in [4.69, 9.17) is 9.97 Å². The second-order valence-corrected chi connectivity index (χ2v) is 17.8. The molecule has 1 aliphatic heterocycles. The molecule has 0 amide bonds. The first-order valence-electron chi connectivity index (χ1n) is 22.4. The van der Waals surface area contributed by atoms with Crippen molar-refractivity contribution in [1.82, 2.24) is 14.5 Å². The Bertz CT molecular complexity index is 3870. The van der Waals surface area contributed by atoms with E-state index in [9.17, 15) is 0 Å². The van der Waals surface area contributed by atoms with Crippen molar-refractivity contribution in [3.63, 3.8) is 0 Å². The van der Waals surface area contributed by atoms with E-state index in [1.54, 1.807) is 0 Å². The molecule has 0 radical (unpaired) electrons. The third-order valence-electron chi connectivity index (χ3n) is 13.7. The van der Waals surface area contributed by atoms with Gasteiger partial charge in [0.05, 0.1) is 33.6 Å². The van der Waals surface area contributed by atoms with Crippen LogP contribution in [0.4, 0.5) is 17.1 Å². The van der Waals surface area contributed by atoms with Gasteiger partial charge in [0, 0.05) is 49.6 Å². The zero-order chi connectivity index (χ0) is 43.2. The molecule has 4 nitrogen and oxygen atoms in total. The standard InChI is InChI=1S/C61H42N4/c1-61(2)51-30-11-13-32-54(51)64(43-21-4-3-5-22-43)56-38-41(33-35-52(56)61)47-27-16-29-50-57-46-25-9-7-18-40(46)34-36-55(57)65(59(47)50)44-23-14-20-42(37-44)60-62-53-31-12-10-26-49(53)58(63-60)48-28-15-19-39-17-6-8-24-45(39)48/h3-38H,1-2H3. The molecule has 0 saturated carbocycles. The van der Waals surface area contributed by atoms with Crippen molar-refractivity contribution in [2.24, 2.45) is 0 Å². The molecule has 0 saturated heterocycles. The largest absolute Gasteiger partial charge is 0.310 e. The molecule has 0 unspecified atom stereocenters. The van der Waals surface area contributed by atoms with Crippen molar-refractivity contribution in [3.05, 3.63) is 230 Å². The van der Waals surface area contributed by atoms with Gasteiger partial charge in [0.2, 0.25) is 0 Å². The second kappa shape index (κ2) is 14.3. The zero-order valence-corrected chi connectivity index (χ0v) is 36.1. The Labute approximate surface area is 377 Å². The van der Waals surface area contributed by atoms with Gasteiger partial charge in [-0.25, -0.2) is 9.97 Å². The van der Waals surface area contributed by atoms with Crippen molar-refractivity contribution in [1.29, 1.82) is 0 Å². The summed E-state index contributed by atoms with van der Waals surface area (Å²) >= 11 is 0. The normalized spacial score (nSPS) is 13.2. The minimum Gasteiger partial charge on any atom is -0.310 e. The number of para-hydroxylation sites is 4. The second-order valence-electron chi connectivity index (χ2n) is 17.8. The molecule has 4 heteroatoms. The lowest BCUT2D eigenvalue weighted by atomic mass is 9.73. The summed E-state index contributed by atoms with van der Waals surface area (Å²) in [6.45, 7) is 4.71. The molecule has 0 fully saturated rings. The van der Waals surface area contributed by atoms with Gasteiger partial charge in [0.1, 0.15) is 0 Å². The molecule has 2 aromatic heterocycles. The van der Waals surface area contributed by atoms with Gasteiger partial charge in [0.25, 0.3) is 0 Å². The number of nitrogens with zero attached hydrogens (tertiary/aromatic N) is 4. The van der Waals surface area contributed by atoms with E-state index in [1.807, 2.05) is 0 Å². The Kier molecular flexibility index (Phi) is 8.22. The van der Waals surface area contributed by atoms with Gasteiger partial charge >= 0.3 is 0 Å². The maximum Gasteiger partial charge on any atom is 0.160 e. The van der Waals surface area contributed by atoms with Crippen molar-refractivity contribution < 1.29 is 0 Å². The third-order valence-corrected chi connectivity index (χ3v) is 13.7. The number of benzene rings is 10. The average molecular weight is 831 g/mol. The summed E-state index contributed by atoms with van der Waals surface area (Å²) < 4.78 is 2.47. The van der Waals surface area contributed by atoms with Crippen LogP contribution < -0.4 is 4.90 Å². The molecule has 0 aliphatic carbocycles. The Morgan fingerprint density at radius 2 is 1.06 bits per heavy atom. The molecule has 13 rings (SSSR count). The Hall–Kier alpha value is -8.34. The first kappa shape index (κ1) is 37.2. The lowest BCUT2D eigenvalue weighted by Gasteiger charge is -2.42. The van der Waals surface area contributed by atoms with Gasteiger partial charge in [-0.2, -0.15) is 0 Å². The highest BCUT2D eigenvalue weighted by molar-refractivity contribution is 6.23. The third kappa shape index (κ3) is 5.70. The van der Waals surface area contributed by atoms with Crippen LogP contribution in [-0.4, -0.2) is 14.5 Å². The van der Waals surface area contributed by atoms with Crippen molar-refractivity contribution in [2.75, 3.05) is 4.90 Å². The average Bonchev–Trinajstić information content (AvgIpc) is 3.71. The van der Waals surface area contributed by atoms with E-state index in [0.29, 0.717) is 5.82 Å². The molecule has 1 aliphatic rings. The van der Waals surface area contributed by atoms with Gasteiger partial charge in [-0.3, -0.25) is 0 Å². The first-order chi connectivity index (χ1) is 32.0. The van der Waals surface area contributed by atoms with Crippen molar-refractivity contribution >= 4 is 71.3 Å². The van der Waals surface area contributed by atoms with Gasteiger partial charge < -0.3 is 9.47 Å². The van der Waals surface area contributed by atoms with Gasteiger partial charge in [-0.15, -0.1) is 0 Å². The number of fused-ring (bicyclic) bond motifs is 9. The molecule has 0 atom stereocenters. The SMILES string of the molecule is CC1(C)c2ccccc2N(c2ccccc2)c2cc(-c3cccc4c5c6ccccc6ccc5n(-c5cccc(-c6nc(-c7cccc8ccccc78)c7ccccc7n6)c5)c34)ccc21. The number of aromatic nitrogens is 3. The summed E-state index contributed by atoms with van der Waals surface area (Å²) in [7, 11) is 0. The highest BCUT2D eigenvalue weighted by Crippen LogP contribution is 2.53. The zero-order valence-electron chi connectivity index (χ0n) is 36.1. The van der Waals surface area contributed by atoms with Crippen LogP contribution in [0.5, 0.6) is 0 Å². The number of hydrogen-bond donors (Lipinski definition) is 0. The van der Waals surface area contributed by atoms with E-state index < -0.39 is 0 Å². The fraction of sp³-hybridized carbons (Fsp3) is 0.0492. The summed E-state index contributed by atoms with van der Waals surface area (Å²) in [6.07, 6.45) is 0. The lowest BCUT2D eigenvalue weighted by Crippen LogP contribution is -2.30. The number of hydrogen-bond acceptors (Lipinski definition) is 3. The summed E-state index contributed by atoms with van der Waals surface area (Å²) in [5.41, 5.74) is 15.6. The summed E-state index contributed by atoms with van der Waals surface area (Å²) in [5, 5.41) is 8.30. The quantitative estimate of drug-likeness (QED) is 0.173. The summed E-state index contributed by atoms with van der Waals surface area (Å²) in [6, 6.07) is 79.1. The van der Waals surface area contributed by atoms with E-state index in [-0.39, 0.29) is 5.41 Å². The maximum absolute atomic E-state index is 5.42. The predicted molar refractivity (Wildman–Crippen MR) is 272 cm³/mol. The molecule has 3 heterocycles. The van der Waals surface area contributed by atoms with Crippen molar-refractivity contribution in [3.8, 4) is 39.5 Å². The highest BCUT2D eigenvalue weighted by atomic mass is 15.2. The Morgan fingerprint density at radius 3 is 1.94 bits per heavy atom. The molecule has 306 valence electrons. The minimum absolute atomic E-state index is 0.200. The summed E-state index contributed by atoms with van der Waals surface area (Å²) in [4.78, 5) is 13.1. The van der Waals surface area contributed by atoms with Crippen LogP contribution >= 0.6 is 0 Å². The topological polar surface area (TPSA) is 34.0 Å². The van der Waals surface area contributed by atoms with Crippen LogP contribution in [0.1, 0.15) is 25.0 Å². The first-order valence-corrected chi connectivity index (χ1v) is 22.4. The maximum atomic E-state index is 5.42. The summed E-state index contributed by atoms with van der Waals surface area (Å²) in [5.74, 6) is 0.693. The van der Waals surface area contributed by atoms with E-state index >= 15 is 0 Å². The van der Waals surface area contributed by atoms with E-state index in [2.05, 4.69) is 242 Å². The van der Waals surface area contributed by atoms with Crippen LogP contribution in [0.15, 0.2) is 218 Å². The highest BCUT2D eigenvalue weighted by Gasteiger charge is 2.37. The van der Waals surface area contributed by atoms with Crippen LogP contribution in [0, 0.1) is 0 Å². The smallest absolute Gasteiger partial charge is 0.160 e. The molecular formula is C61H42N4. The van der Waals surface area contributed by atoms with E-state index in [0.717, 1.165) is 55.7 Å².